The summed E-state index contributed by atoms with van der Waals surface area (Å²) in [5.74, 6) is -0.808. The van der Waals surface area contributed by atoms with Gasteiger partial charge in [-0.05, 0) is 37.5 Å². The maximum Gasteiger partial charge on any atom is 0.321 e. The van der Waals surface area contributed by atoms with Crippen LogP contribution in [0.2, 0.25) is 0 Å². The van der Waals surface area contributed by atoms with Gasteiger partial charge in [-0.25, -0.2) is 0 Å². The van der Waals surface area contributed by atoms with Crippen LogP contribution in [0.1, 0.15) is 18.9 Å². The molecule has 26 heavy (non-hydrogen) atoms. The zero-order chi connectivity index (χ0) is 18.4. The fourth-order valence-corrected chi connectivity index (χ4v) is 4.59. The van der Waals surface area contributed by atoms with Crippen LogP contribution in [0.15, 0.2) is 65.6 Å². The van der Waals surface area contributed by atoms with Gasteiger partial charge in [-0.2, -0.15) is 0 Å². The molecule has 2 N–H and O–H groups in total. The van der Waals surface area contributed by atoms with Gasteiger partial charge in [0.2, 0.25) is 0 Å². The molecule has 138 valence electrons. The largest absolute Gasteiger partial charge is 0.480 e. The zero-order valence-electron chi connectivity index (χ0n) is 14.9. The molecule has 0 bridgehead atoms. The Kier molecular flexibility index (Phi) is 6.72. The molecule has 0 radical (unpaired) electrons. The molecule has 1 aliphatic carbocycles. The van der Waals surface area contributed by atoms with Crippen LogP contribution in [0.4, 0.5) is 0 Å². The number of carbonyl (C=O) groups is 1. The summed E-state index contributed by atoms with van der Waals surface area (Å²) in [5.41, 5.74) is 1.03. The molecule has 0 amide bonds. The summed E-state index contributed by atoms with van der Waals surface area (Å²) in [5, 5.41) is 13.2. The van der Waals surface area contributed by atoms with Crippen LogP contribution in [-0.2, 0) is 16.0 Å². The van der Waals surface area contributed by atoms with Gasteiger partial charge in [0.1, 0.15) is 6.04 Å². The standard InChI is InChI=1S/C21H25NO3S/c1-2-25-19-14-17(20(19)26-16-11-7-4-8-12-16)22-18(21(23)24)13-15-9-5-3-6-10-15/h3-12,17-20,22H,2,13-14H2,1H3,(H,23,24)/t17?,18-,19+,20+/m0/s1. The second kappa shape index (κ2) is 9.21. The second-order valence-electron chi connectivity index (χ2n) is 6.48. The Bertz CT molecular complexity index is 695. The van der Waals surface area contributed by atoms with Gasteiger partial charge in [-0.3, -0.25) is 4.79 Å². The number of nitrogens with one attached hydrogen (secondary N) is 1. The molecule has 4 nitrogen and oxygen atoms in total. The minimum absolute atomic E-state index is 0.126. The number of hydrogen-bond donors (Lipinski definition) is 2. The third-order valence-electron chi connectivity index (χ3n) is 4.64. The first-order valence-electron chi connectivity index (χ1n) is 9.03. The lowest BCUT2D eigenvalue weighted by Gasteiger charge is -2.45. The van der Waals surface area contributed by atoms with E-state index in [0.29, 0.717) is 13.0 Å². The Balaban J connectivity index is 1.66. The number of rotatable bonds is 9. The van der Waals surface area contributed by atoms with E-state index in [4.69, 9.17) is 4.74 Å². The fraction of sp³-hybridized carbons (Fsp3) is 0.381. The van der Waals surface area contributed by atoms with E-state index in [-0.39, 0.29) is 17.4 Å². The first kappa shape index (κ1) is 19.0. The van der Waals surface area contributed by atoms with E-state index in [2.05, 4.69) is 17.4 Å². The number of aliphatic carboxylic acids is 1. The molecule has 0 aromatic heterocycles. The Labute approximate surface area is 159 Å². The van der Waals surface area contributed by atoms with Gasteiger partial charge in [0.25, 0.3) is 0 Å². The number of hydrogen-bond acceptors (Lipinski definition) is 4. The number of carboxylic acids is 1. The van der Waals surface area contributed by atoms with Gasteiger partial charge in [0, 0.05) is 17.5 Å². The molecule has 1 unspecified atom stereocenters. The zero-order valence-corrected chi connectivity index (χ0v) is 15.7. The SMILES string of the molecule is CCO[C@@H]1CC(N[C@@H](Cc2ccccc2)C(=O)O)[C@H]1Sc1ccccc1. The van der Waals surface area contributed by atoms with Crippen molar-refractivity contribution in [2.75, 3.05) is 6.61 Å². The van der Waals surface area contributed by atoms with Crippen molar-refractivity contribution in [2.45, 2.75) is 48.1 Å². The first-order valence-corrected chi connectivity index (χ1v) is 9.91. The highest BCUT2D eigenvalue weighted by Gasteiger charge is 2.43. The van der Waals surface area contributed by atoms with Gasteiger partial charge in [-0.1, -0.05) is 48.5 Å². The number of benzene rings is 2. The third kappa shape index (κ3) is 4.87. The molecular weight excluding hydrogens is 346 g/mol. The summed E-state index contributed by atoms with van der Waals surface area (Å²) in [6.45, 7) is 2.68. The molecule has 5 heteroatoms. The quantitative estimate of drug-likeness (QED) is 0.705. The van der Waals surface area contributed by atoms with Crippen molar-refractivity contribution >= 4 is 17.7 Å². The van der Waals surface area contributed by atoms with Crippen molar-refractivity contribution in [2.24, 2.45) is 0 Å². The van der Waals surface area contributed by atoms with E-state index in [0.717, 1.165) is 12.0 Å². The van der Waals surface area contributed by atoms with Gasteiger partial charge in [-0.15, -0.1) is 11.8 Å². The van der Waals surface area contributed by atoms with Crippen LogP contribution in [-0.4, -0.2) is 41.1 Å². The smallest absolute Gasteiger partial charge is 0.321 e. The van der Waals surface area contributed by atoms with Crippen molar-refractivity contribution in [3.63, 3.8) is 0 Å². The van der Waals surface area contributed by atoms with Crippen LogP contribution in [0, 0.1) is 0 Å². The molecule has 1 fully saturated rings. The van der Waals surface area contributed by atoms with Crippen molar-refractivity contribution < 1.29 is 14.6 Å². The topological polar surface area (TPSA) is 58.6 Å². The lowest BCUT2D eigenvalue weighted by Crippen LogP contribution is -2.61. The predicted octanol–water partition coefficient (Wildman–Crippen LogP) is 3.61. The Hall–Kier alpha value is -1.82. The van der Waals surface area contributed by atoms with E-state index >= 15 is 0 Å². The summed E-state index contributed by atoms with van der Waals surface area (Å²) < 4.78 is 5.84. The molecule has 0 spiro atoms. The van der Waals surface area contributed by atoms with E-state index in [1.54, 1.807) is 11.8 Å². The number of thioether (sulfide) groups is 1. The molecule has 0 aliphatic heterocycles. The Morgan fingerprint density at radius 2 is 1.85 bits per heavy atom. The van der Waals surface area contributed by atoms with Gasteiger partial charge >= 0.3 is 5.97 Å². The predicted molar refractivity (Wildman–Crippen MR) is 105 cm³/mol. The highest BCUT2D eigenvalue weighted by molar-refractivity contribution is 8.00. The summed E-state index contributed by atoms with van der Waals surface area (Å²) >= 11 is 1.77. The molecule has 1 saturated carbocycles. The maximum absolute atomic E-state index is 11.8. The lowest BCUT2D eigenvalue weighted by atomic mass is 9.87. The molecule has 2 aromatic rings. The van der Waals surface area contributed by atoms with Gasteiger partial charge in [0.15, 0.2) is 0 Å². The first-order chi connectivity index (χ1) is 12.7. The average Bonchev–Trinajstić information content (AvgIpc) is 2.66. The maximum atomic E-state index is 11.8. The minimum Gasteiger partial charge on any atom is -0.480 e. The summed E-state index contributed by atoms with van der Waals surface area (Å²) in [7, 11) is 0. The van der Waals surface area contributed by atoms with Crippen LogP contribution < -0.4 is 5.32 Å². The van der Waals surface area contributed by atoms with Crippen LogP contribution in [0.3, 0.4) is 0 Å². The molecule has 2 aromatic carbocycles. The van der Waals surface area contributed by atoms with Crippen molar-refractivity contribution in [1.29, 1.82) is 0 Å². The molecule has 4 atom stereocenters. The third-order valence-corrected chi connectivity index (χ3v) is 6.09. The van der Waals surface area contributed by atoms with Crippen LogP contribution in [0.5, 0.6) is 0 Å². The number of carboxylic acid groups (broad SMARTS) is 1. The van der Waals surface area contributed by atoms with E-state index in [1.165, 1.54) is 4.90 Å². The van der Waals surface area contributed by atoms with Crippen LogP contribution >= 0.6 is 11.8 Å². The van der Waals surface area contributed by atoms with Gasteiger partial charge < -0.3 is 15.2 Å². The lowest BCUT2D eigenvalue weighted by molar-refractivity contribution is -0.140. The fourth-order valence-electron chi connectivity index (χ4n) is 3.26. The Morgan fingerprint density at radius 3 is 2.46 bits per heavy atom. The molecule has 1 aliphatic rings. The summed E-state index contributed by atoms with van der Waals surface area (Å²) in [6, 6.07) is 19.5. The highest BCUT2D eigenvalue weighted by Crippen LogP contribution is 2.39. The highest BCUT2D eigenvalue weighted by atomic mass is 32.2. The summed E-state index contributed by atoms with van der Waals surface area (Å²) in [6.07, 6.45) is 1.49. The average molecular weight is 372 g/mol. The second-order valence-corrected chi connectivity index (χ2v) is 7.73. The van der Waals surface area contributed by atoms with Gasteiger partial charge in [0.05, 0.1) is 11.4 Å². The molecule has 0 heterocycles. The van der Waals surface area contributed by atoms with E-state index < -0.39 is 12.0 Å². The van der Waals surface area contributed by atoms with Crippen molar-refractivity contribution in [3.05, 3.63) is 66.2 Å². The number of ether oxygens (including phenoxy) is 1. The van der Waals surface area contributed by atoms with Crippen LogP contribution in [0.25, 0.3) is 0 Å². The van der Waals surface area contributed by atoms with Crippen molar-refractivity contribution in [1.82, 2.24) is 5.32 Å². The summed E-state index contributed by atoms with van der Waals surface area (Å²) in [4.78, 5) is 12.9. The van der Waals surface area contributed by atoms with E-state index in [9.17, 15) is 9.90 Å². The van der Waals surface area contributed by atoms with E-state index in [1.807, 2.05) is 55.5 Å². The monoisotopic (exact) mass is 371 g/mol. The molecular formula is C21H25NO3S. The van der Waals surface area contributed by atoms with Crippen molar-refractivity contribution in [3.8, 4) is 0 Å². The normalized spacial score (nSPS) is 23.2. The molecule has 3 rings (SSSR count). The molecule has 0 saturated heterocycles. The minimum atomic E-state index is -0.808. The Morgan fingerprint density at radius 1 is 1.19 bits per heavy atom.